The fourth-order valence-electron chi connectivity index (χ4n) is 15.7. The number of aromatic amines is 2. The molecule has 16 amide bonds. The Kier molecular flexibility index (Phi) is 43.7. The van der Waals surface area contributed by atoms with Crippen molar-refractivity contribution in [3.8, 4) is 11.1 Å². The first kappa shape index (κ1) is 112. The van der Waals surface area contributed by atoms with Crippen LogP contribution in [-0.4, -0.2) is 284 Å². The Morgan fingerprint density at radius 3 is 1.46 bits per heavy atom. The fraction of sp³-hybridized carbons (Fsp3) is 0.443. The van der Waals surface area contributed by atoms with Gasteiger partial charge in [-0.15, -0.1) is 11.8 Å². The predicted octanol–water partition coefficient (Wildman–Crippen LogP) is -1.74. The lowest BCUT2D eigenvalue weighted by Gasteiger charge is -2.35. The minimum absolute atomic E-state index is 0.00377. The van der Waals surface area contributed by atoms with Gasteiger partial charge in [0.1, 0.15) is 84.6 Å². The second kappa shape index (κ2) is 55.5. The van der Waals surface area contributed by atoms with Gasteiger partial charge in [-0.3, -0.25) is 92.3 Å². The summed E-state index contributed by atoms with van der Waals surface area (Å²) < 4.78 is 0. The van der Waals surface area contributed by atoms with Gasteiger partial charge in [-0.25, -0.2) is 4.98 Å². The minimum Gasteiger partial charge on any atom is -0.481 e. The maximum atomic E-state index is 15.6. The third-order valence-electron chi connectivity index (χ3n) is 23.6. The number of H-pyrrole nitrogens is 2. The van der Waals surface area contributed by atoms with Crippen molar-refractivity contribution in [1.29, 1.82) is 10.8 Å². The smallest absolute Gasteiger partial charge is 0.305 e. The maximum Gasteiger partial charge on any atom is 0.305 e. The number of aliphatic hydroxyl groups excluding tert-OH is 1. The zero-order valence-corrected chi connectivity index (χ0v) is 81.5. The van der Waals surface area contributed by atoms with Crippen molar-refractivity contribution in [3.05, 3.63) is 186 Å². The molecule has 1 aliphatic rings. The van der Waals surface area contributed by atoms with Crippen molar-refractivity contribution < 1.29 is 91.7 Å². The van der Waals surface area contributed by atoms with Gasteiger partial charge in [0, 0.05) is 94.0 Å². The largest absolute Gasteiger partial charge is 0.481 e. The Labute approximate surface area is 825 Å². The van der Waals surface area contributed by atoms with Gasteiger partial charge in [0.25, 0.3) is 0 Å². The molecule has 0 unspecified atom stereocenters. The number of hydrogen-bond acceptors (Lipinski definition) is 22. The first-order valence-corrected chi connectivity index (χ1v) is 47.8. The molecule has 5 aromatic carbocycles. The van der Waals surface area contributed by atoms with Crippen molar-refractivity contribution in [2.45, 2.75) is 204 Å². The van der Waals surface area contributed by atoms with Gasteiger partial charge in [0.05, 0.1) is 31.7 Å². The highest BCUT2D eigenvalue weighted by atomic mass is 32.2. The number of hydrogen-bond donors (Lipinski definition) is 24. The monoisotopic (exact) mass is 1980 g/mol. The molecule has 3 heterocycles. The molecule has 1 saturated heterocycles. The van der Waals surface area contributed by atoms with E-state index in [1.165, 1.54) is 47.4 Å². The second-order valence-electron chi connectivity index (χ2n) is 35.8. The average molecular weight is 1980 g/mol. The van der Waals surface area contributed by atoms with E-state index in [1.54, 1.807) is 143 Å². The van der Waals surface area contributed by atoms with E-state index in [0.717, 1.165) is 20.9 Å². The van der Waals surface area contributed by atoms with Crippen LogP contribution in [0.15, 0.2) is 158 Å². The Morgan fingerprint density at radius 1 is 0.472 bits per heavy atom. The van der Waals surface area contributed by atoms with Crippen LogP contribution in [0, 0.1) is 28.6 Å². The molecule has 0 saturated carbocycles. The van der Waals surface area contributed by atoms with E-state index in [9.17, 15) is 48.6 Å². The van der Waals surface area contributed by atoms with Gasteiger partial charge in [0.15, 0.2) is 11.9 Å². The summed E-state index contributed by atoms with van der Waals surface area (Å²) in [6.07, 6.45) is 1.04. The van der Waals surface area contributed by atoms with Crippen molar-refractivity contribution in [2.75, 3.05) is 51.8 Å². The molecule has 0 aliphatic carbocycles. The van der Waals surface area contributed by atoms with E-state index in [0.29, 0.717) is 44.9 Å². The number of nitrogens with two attached hydrogens (primary N) is 3. The molecule has 0 spiro atoms. The molecule has 8 rings (SSSR count). The number of likely N-dealkylation sites (N-methyl/N-ethyl adjacent to an activating group) is 2. The highest BCUT2D eigenvalue weighted by Crippen LogP contribution is 2.25. The van der Waals surface area contributed by atoms with Crippen LogP contribution in [0.2, 0.25) is 0 Å². The van der Waals surface area contributed by atoms with Crippen LogP contribution < -0.4 is 97.0 Å². The number of guanidine groups is 2. The Morgan fingerprint density at radius 2 is 0.923 bits per heavy atom. The van der Waals surface area contributed by atoms with Gasteiger partial charge in [0.2, 0.25) is 94.5 Å². The summed E-state index contributed by atoms with van der Waals surface area (Å²) in [5, 5.41) is 76.9. The minimum atomic E-state index is -2.06. The maximum absolute atomic E-state index is 15.6. The molecule has 27 N–H and O–H groups in total. The number of amides is 16. The quantitative estimate of drug-likeness (QED) is 0.0141. The Bertz CT molecular complexity index is 5520. The van der Waals surface area contributed by atoms with Crippen LogP contribution in [-0.2, 0) is 114 Å². The zero-order chi connectivity index (χ0) is 104. The number of nitrogens with one attached hydrogen (secondary N) is 19. The number of carboxylic acids is 1. The van der Waals surface area contributed by atoms with Gasteiger partial charge < -0.3 is 127 Å². The van der Waals surface area contributed by atoms with E-state index >= 15 is 43.2 Å². The number of fused-ring (bicyclic) bond motifs is 1. The van der Waals surface area contributed by atoms with E-state index in [2.05, 4.69) is 94.7 Å². The lowest BCUT2D eigenvalue weighted by Crippen LogP contribution is -2.62. The molecule has 2 aromatic heterocycles. The van der Waals surface area contributed by atoms with Crippen LogP contribution in [0.4, 0.5) is 0 Å². The van der Waals surface area contributed by atoms with Gasteiger partial charge >= 0.3 is 5.97 Å². The number of aliphatic hydroxyl groups is 1. The van der Waals surface area contributed by atoms with Crippen LogP contribution in [0.3, 0.4) is 0 Å². The zero-order valence-electron chi connectivity index (χ0n) is 80.7. The molecule has 1 fully saturated rings. The third-order valence-corrected chi connectivity index (χ3v) is 24.6. The highest BCUT2D eigenvalue weighted by Gasteiger charge is 2.42. The summed E-state index contributed by atoms with van der Waals surface area (Å²) >= 11 is 0.715. The Balaban J connectivity index is 1.23. The summed E-state index contributed by atoms with van der Waals surface area (Å²) in [5.74, 6) is -21.7. The molecule has 1 aliphatic heterocycles. The van der Waals surface area contributed by atoms with Crippen molar-refractivity contribution in [2.24, 2.45) is 35.0 Å². The van der Waals surface area contributed by atoms with Crippen LogP contribution >= 0.6 is 11.8 Å². The number of imidazole rings is 1. The number of carbonyl (C=O) groups excluding carboxylic acids is 16. The second-order valence-corrected chi connectivity index (χ2v) is 36.8. The van der Waals surface area contributed by atoms with Crippen molar-refractivity contribution >= 4 is 135 Å². The molecular formula is C97H131N25O19S. The normalized spacial score (nSPS) is 22.5. The highest BCUT2D eigenvalue weighted by molar-refractivity contribution is 8.00. The third kappa shape index (κ3) is 35.2. The number of nitrogens with zero attached hydrogens (tertiary/aromatic N) is 3. The van der Waals surface area contributed by atoms with E-state index in [1.807, 2.05) is 30.3 Å². The predicted molar refractivity (Wildman–Crippen MR) is 528 cm³/mol. The lowest BCUT2D eigenvalue weighted by atomic mass is 9.98. The molecule has 45 heteroatoms. The SMILES string of the molecule is CC(C)C[C@@H]1NC(=O)[C@H](CCCNC(=N)N)NC(=O)[C@H](Cc2ccccc2)N(C)C(=O)[C@H](C)N(C)C(=O)[C@H](CCCNC(=N)N)NC(=O)[C@H](Cc2ccc(-c3ccccc3)cc2)NC(=O)[C@H](C(C)C)NC(=O)[C@H](Cc2c[nH]c3ccccc23)NC(=O)[C@H](CC(=O)O)NC(=O)[C@H](Cc2cnc[nH]2)NC(=O)[C@H](Cc2ccccc2)NC(=O)CSC[C@@H](C(=O)NCC(N)=O)NC(=O)[C@H](CO)NC(=O)[C@H](C(C)C)NC1=O. The van der Waals surface area contributed by atoms with Gasteiger partial charge in [-0.2, -0.15) is 0 Å². The average Bonchev–Trinajstić information content (AvgIpc) is 1.76. The molecule has 44 nitrogen and oxygen atoms in total. The number of carboxylic acid groups (broad SMARTS) is 1. The standard InChI is InChI=1S/C97H131N25O19S/c1-53(2)39-68-88(134)119-81(55(5)6)93(139)117-74(49-123)90(136)118-75(82(128)107-48-77(98)124)50-142-51-78(125)109-69(40-57-23-13-10-14-24-57)84(130)114-72(44-63-47-103-52-108-63)86(132)115-73(45-79(126)127)87(133)113-71(43-62-46-106-65-30-20-19-29-64(62)65)89(135)120-80(54(3)4)92(138)116-70(41-59-33-35-61(36-34-59)60-27-17-12-18-28-60)85(131)111-67(32-22-38-105-97(101)102)95(141)121(8)56(7)94(140)122(9)76(42-58-25-15-11-16-26-58)91(137)110-66(83(129)112-68)31-21-37-104-96(99)100/h10-20,23-30,33-36,46-47,52-56,66-76,80-81,106,123H,21-22,31-32,37-45,48-51H2,1-9H3,(H2,98,124)(H,103,108)(H,107,128)(H,109,125)(H,110,137)(H,111,131)(H,112,129)(H,113,133)(H,114,130)(H,115,132)(H,116,138)(H,117,139)(H,118,136)(H,119,134)(H,120,135)(H,126,127)(H4,99,100,104)(H4,101,102,105)/t56-,66-,67-,68-,69-,70-,71-,72-,73-,74-,75-,76-,80-,81-/m0/s1. The van der Waals surface area contributed by atoms with E-state index in [-0.39, 0.29) is 82.5 Å². The number of benzene rings is 5. The summed E-state index contributed by atoms with van der Waals surface area (Å²) in [4.78, 5) is 262. The first-order chi connectivity index (χ1) is 67.6. The first-order valence-electron chi connectivity index (χ1n) is 46.6. The number of thioether (sulfide) groups is 1. The summed E-state index contributed by atoms with van der Waals surface area (Å²) in [6.45, 7) is 9.15. The van der Waals surface area contributed by atoms with Crippen molar-refractivity contribution in [1.82, 2.24) is 105 Å². The number of para-hydroxylation sites is 1. The number of rotatable bonds is 29. The topological polar surface area (TPSA) is 688 Å². The van der Waals surface area contributed by atoms with Gasteiger partial charge in [-0.1, -0.05) is 175 Å². The number of aromatic nitrogens is 3. The van der Waals surface area contributed by atoms with E-state index in [4.69, 9.17) is 28.0 Å². The number of aliphatic carboxylic acids is 1. The van der Waals surface area contributed by atoms with Crippen LogP contribution in [0.5, 0.6) is 0 Å². The molecule has 14 atom stereocenters. The summed E-state index contributed by atoms with van der Waals surface area (Å²) in [7, 11) is 2.58. The molecule has 7 aromatic rings. The lowest BCUT2D eigenvalue weighted by molar-refractivity contribution is -0.148. The fourth-order valence-corrected chi connectivity index (χ4v) is 16.5. The molecule has 0 radical (unpaired) electrons. The molecular weight excluding hydrogens is 1850 g/mol. The van der Waals surface area contributed by atoms with Crippen LogP contribution in [0.25, 0.3) is 22.0 Å². The number of primary amides is 1. The molecule has 764 valence electrons. The van der Waals surface area contributed by atoms with Gasteiger partial charge in [-0.05, 0) is 96.2 Å². The van der Waals surface area contributed by atoms with Crippen molar-refractivity contribution in [3.63, 3.8) is 0 Å². The number of carbonyl (C=O) groups is 17. The summed E-state index contributed by atoms with van der Waals surface area (Å²) in [5.41, 5.74) is 21.1. The molecule has 142 heavy (non-hydrogen) atoms. The Hall–Kier alpha value is -15.3. The summed E-state index contributed by atoms with van der Waals surface area (Å²) in [6, 6.07) is 17.0. The van der Waals surface area contributed by atoms with Crippen LogP contribution in [0.1, 0.15) is 115 Å². The molecule has 0 bridgehead atoms. The van der Waals surface area contributed by atoms with E-state index < -0.39 is 246 Å².